The van der Waals surface area contributed by atoms with E-state index in [-0.39, 0.29) is 31.8 Å². The molecule has 0 aromatic heterocycles. The summed E-state index contributed by atoms with van der Waals surface area (Å²) in [6, 6.07) is 16.3. The van der Waals surface area contributed by atoms with E-state index in [1.807, 2.05) is 36.4 Å². The highest BCUT2D eigenvalue weighted by Crippen LogP contribution is 2.29. The maximum absolute atomic E-state index is 12.4. The van der Waals surface area contributed by atoms with Gasteiger partial charge in [-0.2, -0.15) is 5.26 Å². The average molecular weight is 467 g/mol. The molecule has 0 aliphatic carbocycles. The van der Waals surface area contributed by atoms with E-state index in [1.54, 1.807) is 32.3 Å². The van der Waals surface area contributed by atoms with E-state index in [1.165, 1.54) is 12.0 Å². The molecular formula is C24H30BN3O6. The largest absolute Gasteiger partial charge is 0.493 e. The number of amides is 2. The molecule has 10 heteroatoms. The first-order valence-electron chi connectivity index (χ1n) is 10.8. The van der Waals surface area contributed by atoms with Gasteiger partial charge in [0.2, 0.25) is 11.8 Å². The SMILES string of the molecule is COc1ccc(CC(C#N)C(=O)N(C)C)cc1OCCC(=O)N[C@@H](Cc1ccccc1)B(O)O. The molecule has 0 saturated carbocycles. The Kier molecular flexibility index (Phi) is 10.4. The van der Waals surface area contributed by atoms with Crippen LogP contribution in [0.1, 0.15) is 17.5 Å². The molecule has 2 aromatic carbocycles. The standard InChI is InChI=1S/C24H30BN3O6/c1-28(2)24(30)19(16-26)13-18-9-10-20(33-3)21(14-18)34-12-11-23(29)27-22(25(31)32)15-17-7-5-4-6-8-17/h4-10,14,19,22,31-32H,11-13,15H2,1-3H3,(H,27,29)/t19?,22-/m0/s1. The van der Waals surface area contributed by atoms with E-state index >= 15 is 0 Å². The number of carbonyl (C=O) groups excluding carboxylic acids is 2. The van der Waals surface area contributed by atoms with Crippen LogP contribution in [0.3, 0.4) is 0 Å². The van der Waals surface area contributed by atoms with Crippen LogP contribution in [0.4, 0.5) is 0 Å². The lowest BCUT2D eigenvalue weighted by atomic mass is 9.76. The third-order valence-electron chi connectivity index (χ3n) is 5.15. The molecule has 9 nitrogen and oxygen atoms in total. The fraction of sp³-hybridized carbons (Fsp3) is 0.375. The number of rotatable bonds is 12. The zero-order valence-electron chi connectivity index (χ0n) is 19.6. The Morgan fingerprint density at radius 3 is 2.38 bits per heavy atom. The Balaban J connectivity index is 1.97. The molecule has 180 valence electrons. The lowest BCUT2D eigenvalue weighted by molar-refractivity contribution is -0.131. The van der Waals surface area contributed by atoms with Crippen molar-refractivity contribution in [2.24, 2.45) is 5.92 Å². The van der Waals surface area contributed by atoms with Crippen LogP contribution < -0.4 is 14.8 Å². The number of methoxy groups -OCH3 is 1. The van der Waals surface area contributed by atoms with E-state index in [0.717, 1.165) is 5.56 Å². The Bertz CT molecular complexity index is 994. The average Bonchev–Trinajstić information content (AvgIpc) is 2.82. The van der Waals surface area contributed by atoms with Crippen molar-refractivity contribution in [3.63, 3.8) is 0 Å². The van der Waals surface area contributed by atoms with Gasteiger partial charge in [-0.05, 0) is 36.1 Å². The van der Waals surface area contributed by atoms with Gasteiger partial charge >= 0.3 is 7.12 Å². The number of hydrogen-bond donors (Lipinski definition) is 3. The summed E-state index contributed by atoms with van der Waals surface area (Å²) in [5.74, 6) is -1.54. The molecule has 2 atom stereocenters. The zero-order chi connectivity index (χ0) is 25.1. The Morgan fingerprint density at radius 2 is 1.79 bits per heavy atom. The minimum Gasteiger partial charge on any atom is -0.493 e. The molecule has 0 fully saturated rings. The maximum atomic E-state index is 12.4. The molecule has 0 bridgehead atoms. The van der Waals surface area contributed by atoms with Crippen molar-refractivity contribution in [2.45, 2.75) is 25.2 Å². The monoisotopic (exact) mass is 467 g/mol. The molecule has 0 saturated heterocycles. The van der Waals surface area contributed by atoms with Crippen molar-refractivity contribution in [3.8, 4) is 17.6 Å². The smallest absolute Gasteiger partial charge is 0.475 e. The molecule has 0 heterocycles. The van der Waals surface area contributed by atoms with Gasteiger partial charge in [-0.15, -0.1) is 0 Å². The molecule has 2 rings (SSSR count). The van der Waals surface area contributed by atoms with Gasteiger partial charge in [-0.1, -0.05) is 36.4 Å². The summed E-state index contributed by atoms with van der Waals surface area (Å²) in [6.07, 6.45) is 0.460. The summed E-state index contributed by atoms with van der Waals surface area (Å²) >= 11 is 0. The summed E-state index contributed by atoms with van der Waals surface area (Å²) in [4.78, 5) is 25.9. The zero-order valence-corrected chi connectivity index (χ0v) is 19.6. The van der Waals surface area contributed by atoms with E-state index < -0.39 is 24.9 Å². The van der Waals surface area contributed by atoms with Crippen molar-refractivity contribution >= 4 is 18.9 Å². The lowest BCUT2D eigenvalue weighted by Gasteiger charge is -2.18. The molecule has 2 amide bonds. The second-order valence-electron chi connectivity index (χ2n) is 7.98. The van der Waals surface area contributed by atoms with Gasteiger partial charge in [-0.3, -0.25) is 9.59 Å². The van der Waals surface area contributed by atoms with Gasteiger partial charge in [-0.25, -0.2) is 0 Å². The number of nitriles is 1. The molecule has 2 aromatic rings. The fourth-order valence-electron chi connectivity index (χ4n) is 3.33. The Morgan fingerprint density at radius 1 is 1.09 bits per heavy atom. The van der Waals surface area contributed by atoms with E-state index in [4.69, 9.17) is 9.47 Å². The first kappa shape index (κ1) is 26.7. The number of hydrogen-bond acceptors (Lipinski definition) is 7. The molecule has 0 spiro atoms. The first-order chi connectivity index (χ1) is 16.2. The van der Waals surface area contributed by atoms with Crippen LogP contribution in [0.5, 0.6) is 11.5 Å². The molecule has 0 radical (unpaired) electrons. The summed E-state index contributed by atoms with van der Waals surface area (Å²) in [5.41, 5.74) is 1.58. The third kappa shape index (κ3) is 8.10. The quantitative estimate of drug-likeness (QED) is 0.397. The van der Waals surface area contributed by atoms with Crippen LogP contribution in [0.15, 0.2) is 48.5 Å². The van der Waals surface area contributed by atoms with Crippen molar-refractivity contribution in [1.82, 2.24) is 10.2 Å². The first-order valence-corrected chi connectivity index (χ1v) is 10.8. The minimum absolute atomic E-state index is 0.0174. The second kappa shape index (κ2) is 13.2. The number of carbonyl (C=O) groups is 2. The van der Waals surface area contributed by atoms with Gasteiger partial charge in [0.25, 0.3) is 0 Å². The Labute approximate surface area is 200 Å². The second-order valence-corrected chi connectivity index (χ2v) is 7.98. The summed E-state index contributed by atoms with van der Waals surface area (Å²) in [6.45, 7) is 0.0174. The molecule has 0 aliphatic heterocycles. The molecular weight excluding hydrogens is 437 g/mol. The summed E-state index contributed by atoms with van der Waals surface area (Å²) < 4.78 is 11.0. The Hall–Kier alpha value is -3.55. The highest BCUT2D eigenvalue weighted by Gasteiger charge is 2.25. The predicted octanol–water partition coefficient (Wildman–Crippen LogP) is 0.974. The fourth-order valence-corrected chi connectivity index (χ4v) is 3.33. The number of nitrogens with zero attached hydrogens (tertiary/aromatic N) is 2. The normalized spacial score (nSPS) is 12.1. The lowest BCUT2D eigenvalue weighted by Crippen LogP contribution is -2.48. The van der Waals surface area contributed by atoms with E-state index in [2.05, 4.69) is 5.32 Å². The summed E-state index contributed by atoms with van der Waals surface area (Å²) in [7, 11) is 2.97. The van der Waals surface area contributed by atoms with Crippen LogP contribution in [0.2, 0.25) is 0 Å². The minimum atomic E-state index is -1.71. The highest BCUT2D eigenvalue weighted by atomic mass is 16.5. The van der Waals surface area contributed by atoms with Crippen molar-refractivity contribution in [2.75, 3.05) is 27.8 Å². The number of benzene rings is 2. The van der Waals surface area contributed by atoms with Gasteiger partial charge < -0.3 is 29.7 Å². The number of ether oxygens (including phenoxy) is 2. The van der Waals surface area contributed by atoms with Crippen LogP contribution in [0.25, 0.3) is 0 Å². The van der Waals surface area contributed by atoms with Crippen molar-refractivity contribution in [3.05, 3.63) is 59.7 Å². The predicted molar refractivity (Wildman–Crippen MR) is 127 cm³/mol. The van der Waals surface area contributed by atoms with Crippen LogP contribution >= 0.6 is 0 Å². The molecule has 3 N–H and O–H groups in total. The number of nitrogens with one attached hydrogen (secondary N) is 1. The van der Waals surface area contributed by atoms with Gasteiger partial charge in [0, 0.05) is 14.1 Å². The van der Waals surface area contributed by atoms with Crippen LogP contribution in [0, 0.1) is 17.2 Å². The van der Waals surface area contributed by atoms with Gasteiger partial charge in [0.05, 0.1) is 32.1 Å². The maximum Gasteiger partial charge on any atom is 0.475 e. The molecule has 1 unspecified atom stereocenters. The van der Waals surface area contributed by atoms with E-state index in [9.17, 15) is 24.9 Å². The molecule has 34 heavy (non-hydrogen) atoms. The third-order valence-corrected chi connectivity index (χ3v) is 5.15. The van der Waals surface area contributed by atoms with Crippen LogP contribution in [-0.2, 0) is 22.4 Å². The molecule has 0 aliphatic rings. The topological polar surface area (TPSA) is 132 Å². The van der Waals surface area contributed by atoms with Crippen LogP contribution in [-0.4, -0.2) is 67.6 Å². The van der Waals surface area contributed by atoms with Gasteiger partial charge in [0.1, 0.15) is 5.92 Å². The highest BCUT2D eigenvalue weighted by molar-refractivity contribution is 6.43. The summed E-state index contributed by atoms with van der Waals surface area (Å²) in [5, 5.41) is 31.2. The van der Waals surface area contributed by atoms with E-state index in [0.29, 0.717) is 17.1 Å². The van der Waals surface area contributed by atoms with Crippen molar-refractivity contribution in [1.29, 1.82) is 5.26 Å². The van der Waals surface area contributed by atoms with Gasteiger partial charge in [0.15, 0.2) is 11.5 Å². The van der Waals surface area contributed by atoms with Crippen molar-refractivity contribution < 1.29 is 29.1 Å².